The number of nitrogens with zero attached hydrogens (tertiary/aromatic N) is 2. The molecular weight excluding hydrogens is 347 g/mol. The molecule has 1 heterocycles. The molecule has 0 saturated carbocycles. The Hall–Kier alpha value is -3.48. The van der Waals surface area contributed by atoms with E-state index >= 15 is 0 Å². The zero-order valence-corrected chi connectivity index (χ0v) is 14.9. The summed E-state index contributed by atoms with van der Waals surface area (Å²) >= 11 is 0. The van der Waals surface area contributed by atoms with E-state index in [1.165, 1.54) is 24.3 Å². The van der Waals surface area contributed by atoms with Crippen LogP contribution in [0, 0.1) is 11.7 Å². The second-order valence-electron chi connectivity index (χ2n) is 6.12. The highest BCUT2D eigenvalue weighted by Gasteiger charge is 2.07. The largest absolute Gasteiger partial charge is 0.439 e. The lowest BCUT2D eigenvalue weighted by atomic mass is 10.2. The predicted octanol–water partition coefficient (Wildman–Crippen LogP) is 4.75. The van der Waals surface area contributed by atoms with Crippen molar-refractivity contribution in [2.24, 2.45) is 5.92 Å². The number of hydrogen-bond donors (Lipinski definition) is 2. The number of ether oxygens (including phenoxy) is 1. The number of carbonyl (C=O) groups is 1. The third kappa shape index (κ3) is 5.24. The first kappa shape index (κ1) is 18.3. The van der Waals surface area contributed by atoms with E-state index in [-0.39, 0.29) is 17.6 Å². The molecule has 0 spiro atoms. The average molecular weight is 366 g/mol. The summed E-state index contributed by atoms with van der Waals surface area (Å²) in [5.74, 6) is 0.713. The Morgan fingerprint density at radius 1 is 1.00 bits per heavy atom. The number of anilines is 3. The van der Waals surface area contributed by atoms with E-state index in [9.17, 15) is 9.18 Å². The summed E-state index contributed by atoms with van der Waals surface area (Å²) < 4.78 is 18.5. The van der Waals surface area contributed by atoms with Gasteiger partial charge in [0.1, 0.15) is 11.6 Å². The van der Waals surface area contributed by atoms with E-state index in [0.717, 1.165) is 5.69 Å². The molecule has 0 saturated heterocycles. The number of hydrogen-bond acceptors (Lipinski definition) is 5. The molecule has 0 aliphatic carbocycles. The van der Waals surface area contributed by atoms with Crippen LogP contribution in [0.25, 0.3) is 0 Å². The average Bonchev–Trinajstić information content (AvgIpc) is 2.65. The molecule has 3 rings (SSSR count). The van der Waals surface area contributed by atoms with Crippen molar-refractivity contribution < 1.29 is 13.9 Å². The highest BCUT2D eigenvalue weighted by molar-refractivity contribution is 5.92. The number of benzene rings is 2. The molecule has 0 atom stereocenters. The third-order valence-electron chi connectivity index (χ3n) is 3.60. The van der Waals surface area contributed by atoms with Gasteiger partial charge in [0, 0.05) is 29.6 Å². The van der Waals surface area contributed by atoms with Crippen LogP contribution in [-0.4, -0.2) is 15.9 Å². The standard InChI is InChI=1S/C20H19FN4O2/c1-13(2)19(26)23-15-5-7-16(8-6-15)24-20-22-12-11-18(25-20)27-17-9-3-14(21)4-10-17/h3-13H,1-2H3,(H,23,26)(H,22,24,25). The van der Waals surface area contributed by atoms with Crippen LogP contribution in [0.3, 0.4) is 0 Å². The van der Waals surface area contributed by atoms with E-state index in [1.807, 2.05) is 26.0 Å². The van der Waals surface area contributed by atoms with E-state index in [2.05, 4.69) is 20.6 Å². The fourth-order valence-electron chi connectivity index (χ4n) is 2.14. The molecule has 2 aromatic carbocycles. The summed E-state index contributed by atoms with van der Waals surface area (Å²) in [6, 6.07) is 14.5. The Morgan fingerprint density at radius 2 is 1.67 bits per heavy atom. The molecule has 6 nitrogen and oxygen atoms in total. The lowest BCUT2D eigenvalue weighted by Gasteiger charge is -2.10. The third-order valence-corrected chi connectivity index (χ3v) is 3.60. The zero-order chi connectivity index (χ0) is 19.2. The van der Waals surface area contributed by atoms with Gasteiger partial charge in [-0.25, -0.2) is 9.37 Å². The summed E-state index contributed by atoms with van der Waals surface area (Å²) in [5.41, 5.74) is 1.48. The normalized spacial score (nSPS) is 10.5. The van der Waals surface area contributed by atoms with Crippen molar-refractivity contribution in [1.82, 2.24) is 9.97 Å². The smallest absolute Gasteiger partial charge is 0.230 e. The van der Waals surface area contributed by atoms with Gasteiger partial charge in [0.15, 0.2) is 0 Å². The van der Waals surface area contributed by atoms with E-state index < -0.39 is 0 Å². The maximum atomic E-state index is 13.0. The first-order valence-corrected chi connectivity index (χ1v) is 8.44. The van der Waals surface area contributed by atoms with Gasteiger partial charge in [-0.1, -0.05) is 13.8 Å². The first-order valence-electron chi connectivity index (χ1n) is 8.44. The van der Waals surface area contributed by atoms with Gasteiger partial charge in [-0.3, -0.25) is 4.79 Å². The van der Waals surface area contributed by atoms with Crippen molar-refractivity contribution in [3.63, 3.8) is 0 Å². The summed E-state index contributed by atoms with van der Waals surface area (Å²) in [4.78, 5) is 20.1. The molecule has 7 heteroatoms. The SMILES string of the molecule is CC(C)C(=O)Nc1ccc(Nc2nccc(Oc3ccc(F)cc3)n2)cc1. The Morgan fingerprint density at radius 3 is 2.33 bits per heavy atom. The van der Waals surface area contributed by atoms with Crippen LogP contribution >= 0.6 is 0 Å². The van der Waals surface area contributed by atoms with Gasteiger partial charge < -0.3 is 15.4 Å². The van der Waals surface area contributed by atoms with Crippen LogP contribution in [0.4, 0.5) is 21.7 Å². The summed E-state index contributed by atoms with van der Waals surface area (Å²) in [5, 5.41) is 5.90. The summed E-state index contributed by atoms with van der Waals surface area (Å²) in [7, 11) is 0. The number of amides is 1. The van der Waals surface area contributed by atoms with Gasteiger partial charge >= 0.3 is 0 Å². The minimum Gasteiger partial charge on any atom is -0.439 e. The zero-order valence-electron chi connectivity index (χ0n) is 14.9. The molecule has 138 valence electrons. The second-order valence-corrected chi connectivity index (χ2v) is 6.12. The monoisotopic (exact) mass is 366 g/mol. The molecule has 3 aromatic rings. The Labute approximate surface area is 156 Å². The Kier molecular flexibility index (Phi) is 5.61. The van der Waals surface area contributed by atoms with Gasteiger partial charge in [-0.05, 0) is 48.5 Å². The minimum atomic E-state index is -0.333. The summed E-state index contributed by atoms with van der Waals surface area (Å²) in [6.45, 7) is 3.67. The number of aromatic nitrogens is 2. The Balaban J connectivity index is 1.65. The van der Waals surface area contributed by atoms with Crippen molar-refractivity contribution in [2.75, 3.05) is 10.6 Å². The fraction of sp³-hybridized carbons (Fsp3) is 0.150. The van der Waals surface area contributed by atoms with E-state index in [1.54, 1.807) is 24.4 Å². The quantitative estimate of drug-likeness (QED) is 0.659. The topological polar surface area (TPSA) is 76.1 Å². The molecule has 0 unspecified atom stereocenters. The van der Waals surface area contributed by atoms with Crippen LogP contribution in [0.15, 0.2) is 60.8 Å². The molecule has 27 heavy (non-hydrogen) atoms. The van der Waals surface area contributed by atoms with Gasteiger partial charge in [0.2, 0.25) is 17.7 Å². The molecular formula is C20H19FN4O2. The number of nitrogens with one attached hydrogen (secondary N) is 2. The molecule has 0 fully saturated rings. The van der Waals surface area contributed by atoms with E-state index in [0.29, 0.717) is 23.3 Å². The lowest BCUT2D eigenvalue weighted by Crippen LogP contribution is -2.17. The highest BCUT2D eigenvalue weighted by Crippen LogP contribution is 2.22. The number of rotatable bonds is 6. The van der Waals surface area contributed by atoms with Crippen molar-refractivity contribution in [1.29, 1.82) is 0 Å². The molecule has 0 radical (unpaired) electrons. The molecule has 1 amide bonds. The van der Waals surface area contributed by atoms with Crippen LogP contribution in [0.5, 0.6) is 11.6 Å². The number of carbonyl (C=O) groups excluding carboxylic acids is 1. The van der Waals surface area contributed by atoms with E-state index in [4.69, 9.17) is 4.74 Å². The lowest BCUT2D eigenvalue weighted by molar-refractivity contribution is -0.118. The fourth-order valence-corrected chi connectivity index (χ4v) is 2.14. The van der Waals surface area contributed by atoms with Crippen LogP contribution in [0.1, 0.15) is 13.8 Å². The molecule has 0 aliphatic heterocycles. The number of halogens is 1. The highest BCUT2D eigenvalue weighted by atomic mass is 19.1. The van der Waals surface area contributed by atoms with Gasteiger partial charge in [-0.15, -0.1) is 0 Å². The maximum absolute atomic E-state index is 13.0. The maximum Gasteiger partial charge on any atom is 0.230 e. The molecule has 0 bridgehead atoms. The molecule has 2 N–H and O–H groups in total. The van der Waals surface area contributed by atoms with Gasteiger partial charge in [-0.2, -0.15) is 4.98 Å². The van der Waals surface area contributed by atoms with Crippen molar-refractivity contribution in [3.05, 3.63) is 66.6 Å². The van der Waals surface area contributed by atoms with Crippen molar-refractivity contribution in [3.8, 4) is 11.6 Å². The van der Waals surface area contributed by atoms with Crippen LogP contribution in [-0.2, 0) is 4.79 Å². The minimum absolute atomic E-state index is 0.0373. The first-order chi connectivity index (χ1) is 13.0. The van der Waals surface area contributed by atoms with Gasteiger partial charge in [0.05, 0.1) is 0 Å². The second kappa shape index (κ2) is 8.27. The molecule has 0 aliphatic rings. The van der Waals surface area contributed by atoms with Crippen molar-refractivity contribution >= 4 is 23.2 Å². The van der Waals surface area contributed by atoms with Crippen LogP contribution < -0.4 is 15.4 Å². The van der Waals surface area contributed by atoms with Crippen molar-refractivity contribution in [2.45, 2.75) is 13.8 Å². The Bertz CT molecular complexity index is 912. The predicted molar refractivity (Wildman–Crippen MR) is 102 cm³/mol. The van der Waals surface area contributed by atoms with Crippen LogP contribution in [0.2, 0.25) is 0 Å². The summed E-state index contributed by atoms with van der Waals surface area (Å²) in [6.07, 6.45) is 1.56. The van der Waals surface area contributed by atoms with Gasteiger partial charge in [0.25, 0.3) is 0 Å². The molecule has 1 aromatic heterocycles.